The maximum atomic E-state index is 11.2. The number of morpholine rings is 1. The fraction of sp³-hybridized carbons (Fsp3) is 0.625. The molecule has 3 rings (SSSR count). The molecule has 1 unspecified atom stereocenters. The molecule has 1 heterocycles. The van der Waals surface area contributed by atoms with Crippen LogP contribution in [0.1, 0.15) is 31.7 Å². The minimum absolute atomic E-state index is 0.129. The van der Waals surface area contributed by atoms with E-state index in [0.29, 0.717) is 19.3 Å². The van der Waals surface area contributed by atoms with E-state index in [0.717, 1.165) is 37.2 Å². The highest BCUT2D eigenvalue weighted by atomic mass is 16.6. The quantitative estimate of drug-likeness (QED) is 0.618. The van der Waals surface area contributed by atoms with Gasteiger partial charge in [-0.25, -0.2) is 0 Å². The van der Waals surface area contributed by atoms with Crippen molar-refractivity contribution in [2.75, 3.05) is 24.6 Å². The average molecular weight is 306 g/mol. The van der Waals surface area contributed by atoms with Crippen LogP contribution in [-0.2, 0) is 16.1 Å². The molecule has 1 aromatic carbocycles. The van der Waals surface area contributed by atoms with E-state index in [1.54, 1.807) is 12.1 Å². The summed E-state index contributed by atoms with van der Waals surface area (Å²) < 4.78 is 11.3. The lowest BCUT2D eigenvalue weighted by atomic mass is 9.96. The minimum atomic E-state index is -0.333. The Balaban J connectivity index is 1.77. The Morgan fingerprint density at radius 2 is 2.23 bits per heavy atom. The summed E-state index contributed by atoms with van der Waals surface area (Å²) in [7, 11) is 0. The van der Waals surface area contributed by atoms with Crippen LogP contribution in [0.3, 0.4) is 0 Å². The topological polar surface area (TPSA) is 64.8 Å². The third-order valence-corrected chi connectivity index (χ3v) is 4.32. The van der Waals surface area contributed by atoms with Crippen molar-refractivity contribution in [1.82, 2.24) is 0 Å². The van der Waals surface area contributed by atoms with Crippen LogP contribution in [-0.4, -0.2) is 36.8 Å². The second-order valence-electron chi connectivity index (χ2n) is 6.11. The number of anilines is 1. The van der Waals surface area contributed by atoms with Crippen LogP contribution in [0.15, 0.2) is 18.2 Å². The third-order valence-electron chi connectivity index (χ3n) is 4.32. The van der Waals surface area contributed by atoms with Gasteiger partial charge in [0, 0.05) is 30.9 Å². The fourth-order valence-electron chi connectivity index (χ4n) is 2.83. The summed E-state index contributed by atoms with van der Waals surface area (Å²) in [4.78, 5) is 13.0. The summed E-state index contributed by atoms with van der Waals surface area (Å²) >= 11 is 0. The van der Waals surface area contributed by atoms with E-state index in [4.69, 9.17) is 9.47 Å². The smallest absolute Gasteiger partial charge is 0.271 e. The third kappa shape index (κ3) is 3.56. The summed E-state index contributed by atoms with van der Waals surface area (Å²) in [6, 6.07) is 5.26. The molecule has 6 heteroatoms. The molecule has 1 aliphatic heterocycles. The van der Waals surface area contributed by atoms with Crippen LogP contribution in [0.5, 0.6) is 0 Å². The second kappa shape index (κ2) is 6.62. The van der Waals surface area contributed by atoms with Crippen LogP contribution < -0.4 is 4.90 Å². The standard InChI is InChI=1S/C16H22N2O4/c1-12-10-17(5-6-21-12)14-7-13(8-15(9-14)18(19)20)11-22-16-3-2-4-16/h7-9,12,16H,2-6,10-11H2,1H3. The van der Waals surface area contributed by atoms with E-state index >= 15 is 0 Å². The molecule has 2 aliphatic rings. The zero-order chi connectivity index (χ0) is 15.5. The molecule has 0 amide bonds. The van der Waals surface area contributed by atoms with E-state index in [2.05, 4.69) is 4.90 Å². The van der Waals surface area contributed by atoms with Crippen molar-refractivity contribution in [1.29, 1.82) is 0 Å². The van der Waals surface area contributed by atoms with Crippen molar-refractivity contribution in [3.05, 3.63) is 33.9 Å². The van der Waals surface area contributed by atoms with E-state index in [9.17, 15) is 10.1 Å². The Hall–Kier alpha value is -1.66. The van der Waals surface area contributed by atoms with Gasteiger partial charge >= 0.3 is 0 Å². The molecule has 1 aromatic rings. The van der Waals surface area contributed by atoms with Gasteiger partial charge in [-0.3, -0.25) is 10.1 Å². The first-order valence-electron chi connectivity index (χ1n) is 7.88. The first-order valence-corrected chi connectivity index (χ1v) is 7.88. The molecule has 1 saturated carbocycles. The molecular weight excluding hydrogens is 284 g/mol. The summed E-state index contributed by atoms with van der Waals surface area (Å²) in [6.07, 6.45) is 3.89. The van der Waals surface area contributed by atoms with Gasteiger partial charge in [0.15, 0.2) is 0 Å². The molecule has 1 aliphatic carbocycles. The van der Waals surface area contributed by atoms with Crippen molar-refractivity contribution in [3.8, 4) is 0 Å². The van der Waals surface area contributed by atoms with Gasteiger partial charge < -0.3 is 14.4 Å². The molecule has 120 valence electrons. The number of rotatable bonds is 5. The molecule has 2 fully saturated rings. The molecule has 6 nitrogen and oxygen atoms in total. The van der Waals surface area contributed by atoms with Gasteiger partial charge in [-0.15, -0.1) is 0 Å². The Bertz CT molecular complexity index is 545. The van der Waals surface area contributed by atoms with Crippen LogP contribution in [0.4, 0.5) is 11.4 Å². The van der Waals surface area contributed by atoms with Gasteiger partial charge in [0.2, 0.25) is 0 Å². The first kappa shape index (κ1) is 15.2. The molecule has 1 atom stereocenters. The van der Waals surface area contributed by atoms with Crippen molar-refractivity contribution in [3.63, 3.8) is 0 Å². The maximum Gasteiger partial charge on any atom is 0.271 e. The van der Waals surface area contributed by atoms with Gasteiger partial charge in [0.25, 0.3) is 5.69 Å². The Labute approximate surface area is 130 Å². The van der Waals surface area contributed by atoms with E-state index in [-0.39, 0.29) is 16.7 Å². The number of hydrogen-bond donors (Lipinski definition) is 0. The van der Waals surface area contributed by atoms with E-state index in [1.165, 1.54) is 6.42 Å². The molecule has 22 heavy (non-hydrogen) atoms. The first-order chi connectivity index (χ1) is 10.6. The van der Waals surface area contributed by atoms with E-state index < -0.39 is 0 Å². The fourth-order valence-corrected chi connectivity index (χ4v) is 2.83. The number of ether oxygens (including phenoxy) is 2. The SMILES string of the molecule is CC1CN(c2cc(COC3CCC3)cc([N+](=O)[O-])c2)CCO1. The van der Waals surface area contributed by atoms with Crippen molar-refractivity contribution in [2.24, 2.45) is 0 Å². The number of nitro benzene ring substituents is 1. The minimum Gasteiger partial charge on any atom is -0.375 e. The second-order valence-corrected chi connectivity index (χ2v) is 6.11. The van der Waals surface area contributed by atoms with Gasteiger partial charge in [0.05, 0.1) is 30.3 Å². The number of nitro groups is 1. The van der Waals surface area contributed by atoms with Gasteiger partial charge in [-0.05, 0) is 37.8 Å². The average Bonchev–Trinajstić information content (AvgIpc) is 2.45. The summed E-state index contributed by atoms with van der Waals surface area (Å²) in [6.45, 7) is 4.62. The number of nitrogens with zero attached hydrogens (tertiary/aromatic N) is 2. The summed E-state index contributed by atoms with van der Waals surface area (Å²) in [5.74, 6) is 0. The Morgan fingerprint density at radius 1 is 1.41 bits per heavy atom. The van der Waals surface area contributed by atoms with Crippen LogP contribution in [0.25, 0.3) is 0 Å². The monoisotopic (exact) mass is 306 g/mol. The van der Waals surface area contributed by atoms with Gasteiger partial charge in [0.1, 0.15) is 0 Å². The molecule has 1 saturated heterocycles. The molecule has 0 radical (unpaired) electrons. The highest BCUT2D eigenvalue weighted by Gasteiger charge is 2.21. The number of hydrogen-bond acceptors (Lipinski definition) is 5. The maximum absolute atomic E-state index is 11.2. The highest BCUT2D eigenvalue weighted by Crippen LogP contribution is 2.28. The summed E-state index contributed by atoms with van der Waals surface area (Å²) in [5.41, 5.74) is 1.88. The largest absolute Gasteiger partial charge is 0.375 e. The molecular formula is C16H22N2O4. The molecule has 0 bridgehead atoms. The van der Waals surface area contributed by atoms with Gasteiger partial charge in [-0.2, -0.15) is 0 Å². The van der Waals surface area contributed by atoms with Gasteiger partial charge in [-0.1, -0.05) is 0 Å². The Kier molecular flexibility index (Phi) is 4.59. The predicted octanol–water partition coefficient (Wildman–Crippen LogP) is 2.89. The van der Waals surface area contributed by atoms with Crippen molar-refractivity contribution >= 4 is 11.4 Å². The number of non-ortho nitro benzene ring substituents is 1. The van der Waals surface area contributed by atoms with Crippen LogP contribution in [0.2, 0.25) is 0 Å². The predicted molar refractivity (Wildman–Crippen MR) is 83.2 cm³/mol. The lowest BCUT2D eigenvalue weighted by Gasteiger charge is -2.33. The Morgan fingerprint density at radius 3 is 2.86 bits per heavy atom. The molecule has 0 N–H and O–H groups in total. The number of benzene rings is 1. The lowest BCUT2D eigenvalue weighted by molar-refractivity contribution is -0.384. The van der Waals surface area contributed by atoms with Crippen molar-refractivity contribution < 1.29 is 14.4 Å². The lowest BCUT2D eigenvalue weighted by Crippen LogP contribution is -2.41. The van der Waals surface area contributed by atoms with Crippen LogP contribution >= 0.6 is 0 Å². The van der Waals surface area contributed by atoms with E-state index in [1.807, 2.05) is 13.0 Å². The molecule has 0 aromatic heterocycles. The highest BCUT2D eigenvalue weighted by molar-refractivity contribution is 5.56. The summed E-state index contributed by atoms with van der Waals surface area (Å²) in [5, 5.41) is 11.2. The zero-order valence-corrected chi connectivity index (χ0v) is 12.9. The van der Waals surface area contributed by atoms with Crippen molar-refractivity contribution in [2.45, 2.75) is 45.0 Å². The molecule has 0 spiro atoms. The zero-order valence-electron chi connectivity index (χ0n) is 12.9. The normalized spacial score (nSPS) is 22.4. The van der Waals surface area contributed by atoms with Crippen LogP contribution in [0, 0.1) is 10.1 Å².